The first-order chi connectivity index (χ1) is 8.75. The molecule has 2 N–H and O–H groups in total. The van der Waals surface area contributed by atoms with E-state index < -0.39 is 10.2 Å². The van der Waals surface area contributed by atoms with E-state index in [-0.39, 0.29) is 5.41 Å². The van der Waals surface area contributed by atoms with Crippen LogP contribution in [0.15, 0.2) is 0 Å². The molecule has 0 spiro atoms. The van der Waals surface area contributed by atoms with Gasteiger partial charge in [0.15, 0.2) is 0 Å². The van der Waals surface area contributed by atoms with E-state index in [9.17, 15) is 8.42 Å². The lowest BCUT2D eigenvalue weighted by Crippen LogP contribution is -2.45. The normalized spacial score (nSPS) is 18.8. The Morgan fingerprint density at radius 2 is 1.95 bits per heavy atom. The van der Waals surface area contributed by atoms with Crippen molar-refractivity contribution < 1.29 is 8.42 Å². The molecule has 6 heteroatoms. The van der Waals surface area contributed by atoms with Crippen molar-refractivity contribution in [2.75, 3.05) is 26.7 Å². The molecule has 1 aliphatic carbocycles. The van der Waals surface area contributed by atoms with Gasteiger partial charge in [-0.2, -0.15) is 12.7 Å². The predicted octanol–water partition coefficient (Wildman–Crippen LogP) is 1.33. The number of hydrogen-bond donors (Lipinski definition) is 2. The highest BCUT2D eigenvalue weighted by Gasteiger charge is 2.33. The summed E-state index contributed by atoms with van der Waals surface area (Å²) in [5.74, 6) is 0. The van der Waals surface area contributed by atoms with Crippen LogP contribution in [0.5, 0.6) is 0 Å². The molecule has 0 aliphatic heterocycles. The van der Waals surface area contributed by atoms with Gasteiger partial charge in [0.1, 0.15) is 0 Å². The second-order valence-corrected chi connectivity index (χ2v) is 8.14. The maximum atomic E-state index is 12.0. The second-order valence-electron chi connectivity index (χ2n) is 6.27. The molecule has 0 radical (unpaired) electrons. The van der Waals surface area contributed by atoms with E-state index in [1.807, 2.05) is 0 Å². The van der Waals surface area contributed by atoms with Crippen molar-refractivity contribution >= 4 is 10.2 Å². The van der Waals surface area contributed by atoms with E-state index in [4.69, 9.17) is 0 Å². The first-order valence-electron chi connectivity index (χ1n) is 7.19. The lowest BCUT2D eigenvalue weighted by atomic mass is 9.71. The number of nitrogens with zero attached hydrogens (tertiary/aromatic N) is 1. The Morgan fingerprint density at radius 3 is 2.42 bits per heavy atom. The van der Waals surface area contributed by atoms with E-state index in [2.05, 4.69) is 30.8 Å². The smallest absolute Gasteiger partial charge is 0.279 e. The van der Waals surface area contributed by atoms with E-state index in [1.165, 1.54) is 10.7 Å². The Balaban J connectivity index is 2.26. The summed E-state index contributed by atoms with van der Waals surface area (Å²) in [6, 6.07) is 0.443. The molecule has 19 heavy (non-hydrogen) atoms. The predicted molar refractivity (Wildman–Crippen MR) is 79.3 cm³/mol. The molecule has 0 bridgehead atoms. The molecule has 0 unspecified atom stereocenters. The van der Waals surface area contributed by atoms with Crippen LogP contribution in [0, 0.1) is 5.41 Å². The van der Waals surface area contributed by atoms with Crippen molar-refractivity contribution in [2.45, 2.75) is 52.5 Å². The van der Waals surface area contributed by atoms with Gasteiger partial charge in [-0.15, -0.1) is 0 Å². The van der Waals surface area contributed by atoms with Crippen LogP contribution in [-0.4, -0.2) is 45.4 Å². The summed E-state index contributed by atoms with van der Waals surface area (Å²) in [7, 11) is -1.68. The lowest BCUT2D eigenvalue weighted by Gasteiger charge is -2.38. The first kappa shape index (κ1) is 16.9. The van der Waals surface area contributed by atoms with Gasteiger partial charge in [-0.3, -0.25) is 0 Å². The number of hydrogen-bond acceptors (Lipinski definition) is 3. The van der Waals surface area contributed by atoms with Gasteiger partial charge < -0.3 is 5.32 Å². The molecule has 0 heterocycles. The van der Waals surface area contributed by atoms with Crippen LogP contribution < -0.4 is 10.0 Å². The minimum atomic E-state index is -3.31. The second kappa shape index (κ2) is 7.02. The lowest BCUT2D eigenvalue weighted by molar-refractivity contribution is 0.165. The van der Waals surface area contributed by atoms with Gasteiger partial charge in [-0.05, 0) is 31.2 Å². The number of nitrogens with one attached hydrogen (secondary N) is 2. The molecule has 0 aromatic rings. The average molecular weight is 291 g/mol. The van der Waals surface area contributed by atoms with Crippen molar-refractivity contribution in [3.63, 3.8) is 0 Å². The monoisotopic (exact) mass is 291 g/mol. The molecular formula is C13H29N3O2S. The van der Waals surface area contributed by atoms with Gasteiger partial charge in [0.25, 0.3) is 10.2 Å². The molecular weight excluding hydrogens is 262 g/mol. The fraction of sp³-hybridized carbons (Fsp3) is 1.00. The molecule has 0 aromatic heterocycles. The van der Waals surface area contributed by atoms with Crippen LogP contribution >= 0.6 is 0 Å². The van der Waals surface area contributed by atoms with Gasteiger partial charge in [0.2, 0.25) is 0 Å². The zero-order chi connectivity index (χ0) is 14.5. The maximum absolute atomic E-state index is 12.0. The molecule has 0 saturated heterocycles. The third-order valence-corrected chi connectivity index (χ3v) is 5.37. The topological polar surface area (TPSA) is 61.4 Å². The molecule has 1 saturated carbocycles. The zero-order valence-electron chi connectivity index (χ0n) is 12.7. The Bertz CT molecular complexity index is 364. The van der Waals surface area contributed by atoms with Crippen LogP contribution in [0.3, 0.4) is 0 Å². The van der Waals surface area contributed by atoms with E-state index in [0.29, 0.717) is 19.1 Å². The summed E-state index contributed by atoms with van der Waals surface area (Å²) in [6.07, 6.45) is 4.29. The van der Waals surface area contributed by atoms with Crippen LogP contribution in [-0.2, 0) is 10.2 Å². The average Bonchev–Trinajstić information content (AvgIpc) is 2.29. The molecule has 114 valence electrons. The van der Waals surface area contributed by atoms with Crippen molar-refractivity contribution in [3.8, 4) is 0 Å². The summed E-state index contributed by atoms with van der Waals surface area (Å²) in [4.78, 5) is 0. The van der Waals surface area contributed by atoms with Crippen LogP contribution in [0.25, 0.3) is 0 Å². The number of rotatable bonds is 9. The third kappa shape index (κ3) is 5.77. The SMILES string of the molecule is CC(C)NCCCN(C)S(=O)(=O)NCC1(C)CCC1. The molecule has 5 nitrogen and oxygen atoms in total. The van der Waals surface area contributed by atoms with Gasteiger partial charge in [-0.1, -0.05) is 27.2 Å². The van der Waals surface area contributed by atoms with E-state index in [1.54, 1.807) is 7.05 Å². The van der Waals surface area contributed by atoms with Crippen molar-refractivity contribution in [1.29, 1.82) is 0 Å². The molecule has 1 fully saturated rings. The van der Waals surface area contributed by atoms with Gasteiger partial charge in [0.05, 0.1) is 0 Å². The van der Waals surface area contributed by atoms with Gasteiger partial charge in [0, 0.05) is 26.2 Å². The van der Waals surface area contributed by atoms with Crippen LogP contribution in [0.1, 0.15) is 46.5 Å². The Morgan fingerprint density at radius 1 is 1.32 bits per heavy atom. The fourth-order valence-electron chi connectivity index (χ4n) is 2.15. The Labute approximate surface area is 118 Å². The highest BCUT2D eigenvalue weighted by Crippen LogP contribution is 2.39. The molecule has 1 aliphatic rings. The largest absolute Gasteiger partial charge is 0.314 e. The molecule has 0 amide bonds. The van der Waals surface area contributed by atoms with Gasteiger partial charge >= 0.3 is 0 Å². The highest BCUT2D eigenvalue weighted by atomic mass is 32.2. The van der Waals surface area contributed by atoms with E-state index in [0.717, 1.165) is 25.8 Å². The molecule has 0 aromatic carbocycles. The summed E-state index contributed by atoms with van der Waals surface area (Å²) in [6.45, 7) is 8.26. The maximum Gasteiger partial charge on any atom is 0.279 e. The summed E-state index contributed by atoms with van der Waals surface area (Å²) in [5.41, 5.74) is 0.174. The van der Waals surface area contributed by atoms with Crippen LogP contribution in [0.4, 0.5) is 0 Å². The standard InChI is InChI=1S/C13H29N3O2S/c1-12(2)14-9-6-10-16(4)19(17,18)15-11-13(3)7-5-8-13/h12,14-15H,5-11H2,1-4H3. The summed E-state index contributed by atoms with van der Waals surface area (Å²) in [5, 5.41) is 3.28. The van der Waals surface area contributed by atoms with Crippen molar-refractivity contribution in [2.24, 2.45) is 5.41 Å². The Hall–Kier alpha value is -0.170. The summed E-state index contributed by atoms with van der Waals surface area (Å²) < 4.78 is 28.2. The highest BCUT2D eigenvalue weighted by molar-refractivity contribution is 7.87. The third-order valence-electron chi connectivity index (χ3n) is 3.85. The fourth-order valence-corrected chi connectivity index (χ4v) is 3.27. The quantitative estimate of drug-likeness (QED) is 0.630. The first-order valence-corrected chi connectivity index (χ1v) is 8.63. The van der Waals surface area contributed by atoms with E-state index >= 15 is 0 Å². The minimum absolute atomic E-state index is 0.174. The molecule has 0 atom stereocenters. The molecule has 1 rings (SSSR count). The summed E-state index contributed by atoms with van der Waals surface area (Å²) >= 11 is 0. The van der Waals surface area contributed by atoms with Crippen LogP contribution in [0.2, 0.25) is 0 Å². The van der Waals surface area contributed by atoms with Gasteiger partial charge in [-0.25, -0.2) is 4.72 Å². The van der Waals surface area contributed by atoms with Crippen molar-refractivity contribution in [3.05, 3.63) is 0 Å². The minimum Gasteiger partial charge on any atom is -0.314 e. The zero-order valence-corrected chi connectivity index (χ0v) is 13.5. The van der Waals surface area contributed by atoms with Crippen molar-refractivity contribution in [1.82, 2.24) is 14.3 Å². The Kier molecular flexibility index (Phi) is 6.23.